The monoisotopic (exact) mass is 237 g/mol. The Bertz CT molecular complexity index is 212. The van der Waals surface area contributed by atoms with E-state index < -0.39 is 30.3 Å². The molecule has 0 bridgehead atoms. The smallest absolute Gasteiger partial charge is 0.251 e. The Morgan fingerprint density at radius 2 is 1.81 bits per heavy atom. The van der Waals surface area contributed by atoms with Crippen LogP contribution in [0, 0.1) is 0 Å². The van der Waals surface area contributed by atoms with Gasteiger partial charge in [0.05, 0.1) is 6.61 Å². The molecule has 4 unspecified atom stereocenters. The van der Waals surface area contributed by atoms with E-state index in [2.05, 4.69) is 5.32 Å². The van der Waals surface area contributed by atoms with Gasteiger partial charge in [-0.15, -0.1) is 0 Å². The summed E-state index contributed by atoms with van der Waals surface area (Å²) in [6.45, 7) is 1.86. The van der Waals surface area contributed by atoms with Crippen molar-refractivity contribution in [3.8, 4) is 0 Å². The van der Waals surface area contributed by atoms with Crippen molar-refractivity contribution in [3.05, 3.63) is 0 Å². The van der Waals surface area contributed by atoms with Crippen molar-refractivity contribution < 1.29 is 30.0 Å². The number of ether oxygens (including phenoxy) is 1. The third kappa shape index (κ3) is 4.42. The van der Waals surface area contributed by atoms with Crippen LogP contribution in [-0.2, 0) is 9.53 Å². The van der Waals surface area contributed by atoms with Crippen LogP contribution < -0.4 is 5.32 Å². The molecule has 0 saturated heterocycles. The van der Waals surface area contributed by atoms with Crippen LogP contribution in [0.15, 0.2) is 0 Å². The summed E-state index contributed by atoms with van der Waals surface area (Å²) in [5.74, 6) is -0.838. The molecule has 5 N–H and O–H groups in total. The van der Waals surface area contributed by atoms with E-state index in [-0.39, 0.29) is 6.61 Å². The van der Waals surface area contributed by atoms with Crippen LogP contribution in [0.4, 0.5) is 0 Å². The molecule has 16 heavy (non-hydrogen) atoms. The predicted molar refractivity (Wildman–Crippen MR) is 54.6 cm³/mol. The molecule has 0 saturated carbocycles. The average molecular weight is 237 g/mol. The van der Waals surface area contributed by atoms with Gasteiger partial charge in [-0.2, -0.15) is 0 Å². The fourth-order valence-corrected chi connectivity index (χ4v) is 1.05. The zero-order valence-electron chi connectivity index (χ0n) is 9.33. The van der Waals surface area contributed by atoms with Crippen LogP contribution in [-0.4, -0.2) is 71.0 Å². The van der Waals surface area contributed by atoms with Crippen LogP contribution in [0.5, 0.6) is 0 Å². The van der Waals surface area contributed by atoms with E-state index in [1.807, 2.05) is 0 Å². The van der Waals surface area contributed by atoms with Crippen molar-refractivity contribution in [1.29, 1.82) is 0 Å². The Balaban J connectivity index is 4.24. The Morgan fingerprint density at radius 1 is 1.25 bits per heavy atom. The molecule has 0 aliphatic heterocycles. The van der Waals surface area contributed by atoms with Crippen LogP contribution in [0.1, 0.15) is 6.92 Å². The number of hydrogen-bond donors (Lipinski definition) is 5. The Kier molecular flexibility index (Phi) is 7.18. The maximum Gasteiger partial charge on any atom is 0.251 e. The fraction of sp³-hybridized carbons (Fsp3) is 0.889. The van der Waals surface area contributed by atoms with Gasteiger partial charge in [-0.25, -0.2) is 0 Å². The summed E-state index contributed by atoms with van der Waals surface area (Å²) in [6.07, 6.45) is -6.58. The van der Waals surface area contributed by atoms with Crippen molar-refractivity contribution in [2.45, 2.75) is 31.3 Å². The van der Waals surface area contributed by atoms with E-state index in [1.54, 1.807) is 6.92 Å². The lowest BCUT2D eigenvalue weighted by molar-refractivity contribution is -0.149. The van der Waals surface area contributed by atoms with E-state index in [4.69, 9.17) is 4.74 Å². The van der Waals surface area contributed by atoms with E-state index in [9.17, 15) is 25.2 Å². The first-order valence-corrected chi connectivity index (χ1v) is 4.97. The van der Waals surface area contributed by atoms with E-state index in [1.165, 1.54) is 7.05 Å². The Morgan fingerprint density at radius 3 is 2.25 bits per heavy atom. The van der Waals surface area contributed by atoms with Gasteiger partial charge in [0, 0.05) is 13.7 Å². The molecule has 1 amide bonds. The highest BCUT2D eigenvalue weighted by molar-refractivity contribution is 5.80. The second-order valence-corrected chi connectivity index (χ2v) is 3.27. The normalized spacial score (nSPS) is 18.6. The van der Waals surface area contributed by atoms with Gasteiger partial charge in [0.15, 0.2) is 6.10 Å². The van der Waals surface area contributed by atoms with Crippen LogP contribution in [0.2, 0.25) is 0 Å². The van der Waals surface area contributed by atoms with Gasteiger partial charge in [0.2, 0.25) is 0 Å². The zero-order valence-corrected chi connectivity index (χ0v) is 9.33. The minimum atomic E-state index is -1.80. The number of carbonyl (C=O) groups is 1. The molecule has 0 aliphatic carbocycles. The highest BCUT2D eigenvalue weighted by Gasteiger charge is 2.33. The topological polar surface area (TPSA) is 119 Å². The third-order valence-electron chi connectivity index (χ3n) is 2.08. The first-order chi connectivity index (χ1) is 7.45. The average Bonchev–Trinajstić information content (AvgIpc) is 2.31. The van der Waals surface area contributed by atoms with Crippen molar-refractivity contribution >= 4 is 5.91 Å². The molecule has 7 heteroatoms. The number of likely N-dealkylation sites (N-methyl/N-ethyl adjacent to an activating group) is 1. The van der Waals surface area contributed by atoms with Gasteiger partial charge >= 0.3 is 0 Å². The van der Waals surface area contributed by atoms with E-state index in [0.717, 1.165) is 0 Å². The zero-order chi connectivity index (χ0) is 12.7. The van der Waals surface area contributed by atoms with Crippen molar-refractivity contribution in [3.63, 3.8) is 0 Å². The summed E-state index contributed by atoms with van der Waals surface area (Å²) in [4.78, 5) is 10.9. The SMILES string of the molecule is CCOCC(O)C(O)C(O)C(O)C(=O)NC. The molecule has 0 radical (unpaired) electrons. The molecule has 0 spiro atoms. The number of hydrogen-bond acceptors (Lipinski definition) is 6. The summed E-state index contributed by atoms with van der Waals surface area (Å²) < 4.78 is 4.83. The molecule has 7 nitrogen and oxygen atoms in total. The minimum absolute atomic E-state index is 0.185. The van der Waals surface area contributed by atoms with Crippen LogP contribution >= 0.6 is 0 Å². The fourth-order valence-electron chi connectivity index (χ4n) is 1.05. The highest BCUT2D eigenvalue weighted by Crippen LogP contribution is 2.06. The van der Waals surface area contributed by atoms with Gasteiger partial charge in [-0.1, -0.05) is 0 Å². The molecule has 0 aliphatic rings. The predicted octanol–water partition coefficient (Wildman–Crippen LogP) is -2.79. The Hall–Kier alpha value is -0.730. The summed E-state index contributed by atoms with van der Waals surface area (Å²) >= 11 is 0. The molecule has 0 fully saturated rings. The standard InChI is InChI=1S/C9H19NO6/c1-3-16-4-5(11)6(12)7(13)8(14)9(15)10-2/h5-8,11-14H,3-4H2,1-2H3,(H,10,15). The van der Waals surface area contributed by atoms with E-state index in [0.29, 0.717) is 6.61 Å². The van der Waals surface area contributed by atoms with Gasteiger partial charge < -0.3 is 30.5 Å². The largest absolute Gasteiger partial charge is 0.388 e. The first-order valence-electron chi connectivity index (χ1n) is 4.97. The molecule has 0 aromatic rings. The van der Waals surface area contributed by atoms with Crippen LogP contribution in [0.3, 0.4) is 0 Å². The summed E-state index contributed by atoms with van der Waals surface area (Å²) in [5.41, 5.74) is 0. The van der Waals surface area contributed by atoms with Crippen molar-refractivity contribution in [2.75, 3.05) is 20.3 Å². The van der Waals surface area contributed by atoms with Crippen LogP contribution in [0.25, 0.3) is 0 Å². The molecule has 4 atom stereocenters. The van der Waals surface area contributed by atoms with Crippen molar-refractivity contribution in [1.82, 2.24) is 5.32 Å². The lowest BCUT2D eigenvalue weighted by Crippen LogP contribution is -2.51. The lowest BCUT2D eigenvalue weighted by Gasteiger charge is -2.25. The number of carbonyl (C=O) groups excluding carboxylic acids is 1. The molecule has 96 valence electrons. The maximum atomic E-state index is 10.9. The molecular weight excluding hydrogens is 218 g/mol. The summed E-state index contributed by atoms with van der Waals surface area (Å²) in [6, 6.07) is 0. The molecule has 0 heterocycles. The number of amides is 1. The quantitative estimate of drug-likeness (QED) is 0.326. The first kappa shape index (κ1) is 15.3. The summed E-state index contributed by atoms with van der Waals surface area (Å²) in [5, 5.41) is 39.5. The van der Waals surface area contributed by atoms with Gasteiger partial charge in [-0.05, 0) is 6.92 Å². The van der Waals surface area contributed by atoms with Gasteiger partial charge in [0.1, 0.15) is 18.3 Å². The van der Waals surface area contributed by atoms with Gasteiger partial charge in [0.25, 0.3) is 5.91 Å². The number of aliphatic hydroxyl groups excluding tert-OH is 4. The number of rotatable bonds is 7. The van der Waals surface area contributed by atoms with Gasteiger partial charge in [-0.3, -0.25) is 4.79 Å². The molecular formula is C9H19NO6. The molecule has 0 aromatic heterocycles. The second kappa shape index (κ2) is 7.53. The highest BCUT2D eigenvalue weighted by atomic mass is 16.5. The molecule has 0 rings (SSSR count). The number of nitrogens with one attached hydrogen (secondary N) is 1. The maximum absolute atomic E-state index is 10.9. The Labute approximate surface area is 93.7 Å². The summed E-state index contributed by atoms with van der Waals surface area (Å²) in [7, 11) is 1.28. The third-order valence-corrected chi connectivity index (χ3v) is 2.08. The second-order valence-electron chi connectivity index (χ2n) is 3.27. The molecule has 0 aromatic carbocycles. The number of aliphatic hydroxyl groups is 4. The van der Waals surface area contributed by atoms with Crippen molar-refractivity contribution in [2.24, 2.45) is 0 Å². The minimum Gasteiger partial charge on any atom is -0.388 e. The van der Waals surface area contributed by atoms with E-state index >= 15 is 0 Å². The lowest BCUT2D eigenvalue weighted by atomic mass is 10.0.